The molecule has 5 nitrogen and oxygen atoms in total. The summed E-state index contributed by atoms with van der Waals surface area (Å²) >= 11 is 1.53. The Bertz CT molecular complexity index is 532. The van der Waals surface area contributed by atoms with E-state index in [-0.39, 0.29) is 11.3 Å². The third-order valence-corrected chi connectivity index (χ3v) is 5.04. The third-order valence-electron chi connectivity index (χ3n) is 3.82. The van der Waals surface area contributed by atoms with Crippen molar-refractivity contribution in [3.05, 3.63) is 18.5 Å². The van der Waals surface area contributed by atoms with Gasteiger partial charge in [0.2, 0.25) is 5.60 Å². The minimum atomic E-state index is -4.99. The first-order valence-corrected chi connectivity index (χ1v) is 8.12. The first-order chi connectivity index (χ1) is 10.7. The predicted molar refractivity (Wildman–Crippen MR) is 78.8 cm³/mol. The minimum absolute atomic E-state index is 0.272. The molecule has 0 aromatic carbocycles. The topological polar surface area (TPSA) is 75.1 Å². The van der Waals surface area contributed by atoms with Gasteiger partial charge in [-0.25, -0.2) is 9.97 Å². The van der Waals surface area contributed by atoms with Crippen LogP contribution in [0.3, 0.4) is 0 Å². The summed E-state index contributed by atoms with van der Waals surface area (Å²) in [5, 5.41) is 12.6. The van der Waals surface area contributed by atoms with E-state index in [4.69, 9.17) is 0 Å². The van der Waals surface area contributed by atoms with Crippen molar-refractivity contribution in [2.75, 3.05) is 0 Å². The molecule has 1 aromatic heterocycles. The maximum absolute atomic E-state index is 12.6. The summed E-state index contributed by atoms with van der Waals surface area (Å²) in [7, 11) is 0. The number of carbonyl (C=O) groups is 1. The number of aliphatic hydroxyl groups is 1. The van der Waals surface area contributed by atoms with E-state index in [1.165, 1.54) is 11.8 Å². The molecule has 1 saturated carbocycles. The van der Waals surface area contributed by atoms with Gasteiger partial charge >= 0.3 is 6.18 Å². The van der Waals surface area contributed by atoms with Crippen LogP contribution in [0.25, 0.3) is 0 Å². The van der Waals surface area contributed by atoms with Gasteiger partial charge in [-0.05, 0) is 38.7 Å². The summed E-state index contributed by atoms with van der Waals surface area (Å²) in [5.74, 6) is -1.40. The van der Waals surface area contributed by atoms with E-state index in [1.54, 1.807) is 18.5 Å². The zero-order valence-corrected chi connectivity index (χ0v) is 13.3. The molecule has 128 valence electrons. The van der Waals surface area contributed by atoms with E-state index in [2.05, 4.69) is 15.3 Å². The Morgan fingerprint density at radius 2 is 1.83 bits per heavy atom. The maximum Gasteiger partial charge on any atom is 0.426 e. The molecule has 1 amide bonds. The van der Waals surface area contributed by atoms with Gasteiger partial charge in [0.15, 0.2) is 5.16 Å². The van der Waals surface area contributed by atoms with Crippen LogP contribution in [0.5, 0.6) is 0 Å². The Hall–Kier alpha value is -1.35. The van der Waals surface area contributed by atoms with Gasteiger partial charge in [-0.3, -0.25) is 4.79 Å². The van der Waals surface area contributed by atoms with Crippen molar-refractivity contribution in [3.63, 3.8) is 0 Å². The lowest BCUT2D eigenvalue weighted by Gasteiger charge is -2.31. The predicted octanol–water partition coefficient (Wildman–Crippen LogP) is 2.31. The second kappa shape index (κ2) is 7.04. The van der Waals surface area contributed by atoms with Gasteiger partial charge in [0.1, 0.15) is 0 Å². The highest BCUT2D eigenvalue weighted by Gasteiger charge is 2.56. The number of rotatable bonds is 4. The van der Waals surface area contributed by atoms with Crippen molar-refractivity contribution >= 4 is 17.7 Å². The number of halogens is 3. The number of nitrogens with zero attached hydrogens (tertiary/aromatic N) is 2. The molecule has 0 saturated heterocycles. The van der Waals surface area contributed by atoms with E-state index >= 15 is 0 Å². The molecule has 1 aromatic rings. The number of hydrogen-bond donors (Lipinski definition) is 2. The molecule has 1 aliphatic rings. The second-order valence-corrected chi connectivity index (χ2v) is 6.93. The summed E-state index contributed by atoms with van der Waals surface area (Å²) < 4.78 is 37.8. The van der Waals surface area contributed by atoms with Crippen LogP contribution in [0.2, 0.25) is 0 Å². The molecule has 23 heavy (non-hydrogen) atoms. The zero-order valence-electron chi connectivity index (χ0n) is 12.5. The number of alkyl halides is 3. The molecule has 1 atom stereocenters. The molecular weight excluding hydrogens is 331 g/mol. The number of carbonyl (C=O) groups excluding carboxylic acids is 1. The summed E-state index contributed by atoms with van der Waals surface area (Å²) in [6.07, 6.45) is 0.911. The fraction of sp³-hybridized carbons (Fsp3) is 0.643. The number of thioether (sulfide) groups is 1. The van der Waals surface area contributed by atoms with Crippen molar-refractivity contribution in [2.45, 2.75) is 60.8 Å². The Balaban J connectivity index is 1.82. The fourth-order valence-corrected chi connectivity index (χ4v) is 3.32. The minimum Gasteiger partial charge on any atom is -0.373 e. The van der Waals surface area contributed by atoms with E-state index in [0.717, 1.165) is 12.8 Å². The van der Waals surface area contributed by atoms with Gasteiger partial charge in [-0.2, -0.15) is 13.2 Å². The normalized spacial score (nSPS) is 24.7. The van der Waals surface area contributed by atoms with Gasteiger partial charge in [0.05, 0.1) is 0 Å². The van der Waals surface area contributed by atoms with Crippen LogP contribution in [-0.4, -0.2) is 44.1 Å². The number of hydrogen-bond acceptors (Lipinski definition) is 5. The van der Waals surface area contributed by atoms with Crippen molar-refractivity contribution in [1.82, 2.24) is 15.3 Å². The first-order valence-electron chi connectivity index (χ1n) is 7.24. The Kier molecular flexibility index (Phi) is 5.51. The van der Waals surface area contributed by atoms with E-state index < -0.39 is 17.7 Å². The SMILES string of the molecule is CC(O)(C(=O)NC1CCC(Sc2ncccn2)CC1)C(F)(F)F. The summed E-state index contributed by atoms with van der Waals surface area (Å²) in [5.41, 5.74) is -3.36. The zero-order chi connectivity index (χ0) is 17.1. The van der Waals surface area contributed by atoms with Gasteiger partial charge in [0, 0.05) is 23.7 Å². The number of amides is 1. The molecular formula is C14H18F3N3O2S. The highest BCUT2D eigenvalue weighted by molar-refractivity contribution is 7.99. The van der Waals surface area contributed by atoms with Crippen LogP contribution in [0.1, 0.15) is 32.6 Å². The highest BCUT2D eigenvalue weighted by atomic mass is 32.2. The van der Waals surface area contributed by atoms with Crippen LogP contribution >= 0.6 is 11.8 Å². The third kappa shape index (κ3) is 4.57. The summed E-state index contributed by atoms with van der Waals surface area (Å²) in [4.78, 5) is 19.9. The molecule has 2 rings (SSSR count). The second-order valence-electron chi connectivity index (χ2n) is 5.67. The van der Waals surface area contributed by atoms with E-state index in [9.17, 15) is 23.1 Å². The van der Waals surface area contributed by atoms with E-state index in [1.807, 2.05) is 0 Å². The highest BCUT2D eigenvalue weighted by Crippen LogP contribution is 2.33. The Morgan fingerprint density at radius 1 is 1.26 bits per heavy atom. The molecule has 9 heteroatoms. The Labute approximate surface area is 136 Å². The average Bonchev–Trinajstić information content (AvgIpc) is 2.49. The van der Waals surface area contributed by atoms with Gasteiger partial charge in [0.25, 0.3) is 5.91 Å². The summed E-state index contributed by atoms with van der Waals surface area (Å²) in [6, 6.07) is 1.37. The van der Waals surface area contributed by atoms with Crippen molar-refractivity contribution in [1.29, 1.82) is 0 Å². The standard InChI is InChI=1S/C14H18F3N3O2S/c1-13(22,14(15,16)17)11(21)20-9-3-5-10(6-4-9)23-12-18-7-2-8-19-12/h2,7-10,22H,3-6H2,1H3,(H,20,21). The molecule has 0 radical (unpaired) electrons. The van der Waals surface area contributed by atoms with Crippen molar-refractivity contribution < 1.29 is 23.1 Å². The van der Waals surface area contributed by atoms with Crippen LogP contribution in [0, 0.1) is 0 Å². The quantitative estimate of drug-likeness (QED) is 0.816. The molecule has 1 unspecified atom stereocenters. The first kappa shape index (κ1) is 18.0. The average molecular weight is 349 g/mol. The molecule has 1 aliphatic carbocycles. The van der Waals surface area contributed by atoms with Crippen LogP contribution < -0.4 is 5.32 Å². The monoisotopic (exact) mass is 349 g/mol. The molecule has 1 fully saturated rings. The van der Waals surface area contributed by atoms with Gasteiger partial charge < -0.3 is 10.4 Å². The lowest BCUT2D eigenvalue weighted by Crippen LogP contribution is -2.57. The van der Waals surface area contributed by atoms with Crippen molar-refractivity contribution in [2.24, 2.45) is 0 Å². The lowest BCUT2D eigenvalue weighted by atomic mass is 9.94. The molecule has 1 heterocycles. The van der Waals surface area contributed by atoms with Crippen LogP contribution in [-0.2, 0) is 4.79 Å². The van der Waals surface area contributed by atoms with Crippen LogP contribution in [0.15, 0.2) is 23.6 Å². The van der Waals surface area contributed by atoms with Crippen LogP contribution in [0.4, 0.5) is 13.2 Å². The molecule has 0 bridgehead atoms. The lowest BCUT2D eigenvalue weighted by molar-refractivity contribution is -0.245. The van der Waals surface area contributed by atoms with Gasteiger partial charge in [-0.15, -0.1) is 0 Å². The Morgan fingerprint density at radius 3 is 2.35 bits per heavy atom. The smallest absolute Gasteiger partial charge is 0.373 e. The molecule has 0 aliphatic heterocycles. The van der Waals surface area contributed by atoms with Gasteiger partial charge in [-0.1, -0.05) is 11.8 Å². The molecule has 0 spiro atoms. The maximum atomic E-state index is 12.6. The van der Waals surface area contributed by atoms with Crippen molar-refractivity contribution in [3.8, 4) is 0 Å². The number of aromatic nitrogens is 2. The largest absolute Gasteiger partial charge is 0.426 e. The fourth-order valence-electron chi connectivity index (χ4n) is 2.28. The number of nitrogens with one attached hydrogen (secondary N) is 1. The molecule has 2 N–H and O–H groups in total. The van der Waals surface area contributed by atoms with E-state index in [0.29, 0.717) is 24.9 Å². The summed E-state index contributed by atoms with van der Waals surface area (Å²) in [6.45, 7) is 0.469.